The third-order valence-electron chi connectivity index (χ3n) is 12.2. The van der Waals surface area contributed by atoms with E-state index in [-0.39, 0.29) is 48.7 Å². The molecular weight excluding hydrogens is 987 g/mol. The molecule has 5 rings (SSSR count). The minimum absolute atomic E-state index is 0.0248. The van der Waals surface area contributed by atoms with E-state index in [1.807, 2.05) is 0 Å². The number of aliphatic hydroxyl groups is 2. The summed E-state index contributed by atoms with van der Waals surface area (Å²) in [5.74, 6) is -2.24. The zero-order valence-electron chi connectivity index (χ0n) is 39.0. The van der Waals surface area contributed by atoms with Gasteiger partial charge < -0.3 is 56.0 Å². The van der Waals surface area contributed by atoms with Crippen LogP contribution < -0.4 is 16.4 Å². The Morgan fingerprint density at radius 3 is 2.14 bits per heavy atom. The fraction of sp³-hybridized carbons (Fsp3) is 0.634. The molecule has 1 aliphatic carbocycles. The molecule has 26 nitrogen and oxygen atoms in total. The van der Waals surface area contributed by atoms with Crippen LogP contribution in [0.25, 0.3) is 11.2 Å². The van der Waals surface area contributed by atoms with Crippen LogP contribution in [0.1, 0.15) is 96.4 Å². The van der Waals surface area contributed by atoms with Crippen molar-refractivity contribution >= 4 is 64.0 Å². The molecule has 0 radical (unpaired) electrons. The number of phosphoric acid groups is 3. The van der Waals surface area contributed by atoms with Crippen molar-refractivity contribution in [1.82, 2.24) is 30.2 Å². The molecule has 2 aromatic heterocycles. The highest BCUT2D eigenvalue weighted by Crippen LogP contribution is 2.61. The number of carbonyl (C=O) groups excluding carboxylic acids is 3. The van der Waals surface area contributed by atoms with Gasteiger partial charge in [-0.3, -0.25) is 37.3 Å². The summed E-state index contributed by atoms with van der Waals surface area (Å²) in [6.45, 7) is 3.78. The van der Waals surface area contributed by atoms with Gasteiger partial charge in [0, 0.05) is 36.8 Å². The Kier molecular flexibility index (Phi) is 18.8. The zero-order chi connectivity index (χ0) is 51.9. The maximum Gasteiger partial charge on any atom is 0.481 e. The summed E-state index contributed by atoms with van der Waals surface area (Å²) in [6, 6.07) is 8.23. The zero-order valence-corrected chi connectivity index (χ0v) is 41.7. The van der Waals surface area contributed by atoms with Crippen molar-refractivity contribution in [2.24, 2.45) is 16.2 Å². The van der Waals surface area contributed by atoms with Crippen molar-refractivity contribution in [3.63, 3.8) is 0 Å². The van der Waals surface area contributed by atoms with E-state index in [1.54, 1.807) is 13.8 Å². The number of aliphatic carboxylic acids is 1. The maximum atomic E-state index is 13.1. The number of aromatic nitrogens is 4. The van der Waals surface area contributed by atoms with Crippen LogP contribution in [-0.2, 0) is 68.3 Å². The predicted molar refractivity (Wildman–Crippen MR) is 245 cm³/mol. The Labute approximate surface area is 402 Å². The van der Waals surface area contributed by atoms with Crippen LogP contribution in [0, 0.1) is 16.2 Å². The summed E-state index contributed by atoms with van der Waals surface area (Å²) in [7, 11) is -16.5. The summed E-state index contributed by atoms with van der Waals surface area (Å²) in [5, 5.41) is 36.0. The minimum Gasteiger partial charge on any atom is -0.481 e. The number of nitrogen functional groups attached to an aromatic ring is 1. The number of carboxylic acid groups (broad SMARTS) is 1. The van der Waals surface area contributed by atoms with E-state index >= 15 is 0 Å². The van der Waals surface area contributed by atoms with Crippen molar-refractivity contribution in [3.05, 3.63) is 48.0 Å². The number of ether oxygens (including phenoxy) is 1. The fourth-order valence-electron chi connectivity index (χ4n) is 7.68. The normalized spacial score (nSPS) is 21.4. The summed E-state index contributed by atoms with van der Waals surface area (Å²) < 4.78 is 62.5. The van der Waals surface area contributed by atoms with E-state index in [0.29, 0.717) is 6.42 Å². The number of nitrogens with two attached hydrogens (primary N) is 1. The molecule has 70 heavy (non-hydrogen) atoms. The highest BCUT2D eigenvalue weighted by molar-refractivity contribution is 7.61. The summed E-state index contributed by atoms with van der Waals surface area (Å²) in [4.78, 5) is 101. The molecule has 1 saturated heterocycles. The molecule has 3 heterocycles. The molecule has 29 heteroatoms. The second kappa shape index (κ2) is 23.2. The quantitative estimate of drug-likeness (QED) is 0.0447. The Balaban J connectivity index is 0.986. The molecule has 2 fully saturated rings. The van der Waals surface area contributed by atoms with Gasteiger partial charge in [0.15, 0.2) is 17.7 Å². The lowest BCUT2D eigenvalue weighted by Crippen LogP contribution is -2.46. The van der Waals surface area contributed by atoms with Crippen molar-refractivity contribution in [2.75, 3.05) is 32.0 Å². The molecule has 2 aliphatic rings. The molecule has 1 aliphatic heterocycles. The Morgan fingerprint density at radius 2 is 1.53 bits per heavy atom. The molecular formula is C41H62N7O19P3. The van der Waals surface area contributed by atoms with Gasteiger partial charge in [-0.2, -0.15) is 4.31 Å². The first-order valence-corrected chi connectivity index (χ1v) is 26.8. The summed E-state index contributed by atoms with van der Waals surface area (Å²) in [5.41, 5.74) is 5.38. The van der Waals surface area contributed by atoms with Crippen LogP contribution >= 0.6 is 23.5 Å². The maximum absolute atomic E-state index is 13.1. The number of imidazole rings is 1. The molecule has 1 aromatic carbocycles. The lowest BCUT2D eigenvalue weighted by Gasteiger charge is -2.30. The number of aliphatic hydroxyl groups excluding tert-OH is 2. The largest absolute Gasteiger partial charge is 0.481 e. The predicted octanol–water partition coefficient (Wildman–Crippen LogP) is 2.60. The first-order valence-electron chi connectivity index (χ1n) is 22.3. The fourth-order valence-corrected chi connectivity index (χ4v) is 10.5. The summed E-state index contributed by atoms with van der Waals surface area (Å²) in [6.07, 6.45) is -0.813. The van der Waals surface area contributed by atoms with Crippen LogP contribution in [-0.4, -0.2) is 129 Å². The molecule has 0 bridgehead atoms. The van der Waals surface area contributed by atoms with E-state index in [9.17, 15) is 67.8 Å². The number of anilines is 1. The second-order valence-corrected chi connectivity index (χ2v) is 23.0. The van der Waals surface area contributed by atoms with E-state index in [4.69, 9.17) is 19.5 Å². The van der Waals surface area contributed by atoms with E-state index in [2.05, 4.69) is 58.7 Å². The van der Waals surface area contributed by atoms with Gasteiger partial charge in [0.05, 0.1) is 25.0 Å². The average Bonchev–Trinajstić information content (AvgIpc) is 3.84. The molecule has 390 valence electrons. The van der Waals surface area contributed by atoms with E-state index in [0.717, 1.165) is 73.3 Å². The monoisotopic (exact) mass is 1050 g/mol. The van der Waals surface area contributed by atoms with Gasteiger partial charge in [0.25, 0.3) is 0 Å². The van der Waals surface area contributed by atoms with Gasteiger partial charge >= 0.3 is 29.4 Å². The van der Waals surface area contributed by atoms with Gasteiger partial charge in [-0.25, -0.2) is 28.6 Å². The second-order valence-electron chi connectivity index (χ2n) is 18.7. The van der Waals surface area contributed by atoms with Crippen LogP contribution in [0.2, 0.25) is 0 Å². The standard InChI is InChI=1S/C41H62N7O19P3/c1-39(2,38(54)55)15-5-7-25-9-11-26(12-10-25)8-6-16-41(17-18-41)28(49)13-19-43-29(50)14-20-44-36(53)33(52)40(3,4)22-64-70(61,62)67-69(59,60)63-21-27-32(66-68(56,57)58)31(51)37(65-27)48-24-47-30-34(42)45-23-46-35(30)48/h9-12,23-24,27,31-33,37,51-52H,5-8,13-22H2,1-4H3,(H,43,50)(H,44,53)(H,54,55)(H,59,60)(H,61,62)(H2,42,45,46)(H2,56,57,58). The van der Waals surface area contributed by atoms with Crippen LogP contribution in [0.3, 0.4) is 0 Å². The van der Waals surface area contributed by atoms with E-state index < -0.39 is 101 Å². The smallest absolute Gasteiger partial charge is 0.481 e. The Hall–Kier alpha value is -4.10. The number of benzene rings is 1. The van der Waals surface area contributed by atoms with Gasteiger partial charge in [0.1, 0.15) is 42.0 Å². The number of carbonyl (C=O) groups is 4. The minimum atomic E-state index is -5.60. The number of ketones is 1. The molecule has 1 saturated carbocycles. The number of aryl methyl sites for hydroxylation is 2. The molecule has 0 spiro atoms. The average molecular weight is 1050 g/mol. The number of phosphoric ester groups is 3. The highest BCUT2D eigenvalue weighted by Gasteiger charge is 2.51. The Morgan fingerprint density at radius 1 is 0.914 bits per heavy atom. The number of nitrogens with zero attached hydrogens (tertiary/aromatic N) is 4. The number of carboxylic acids is 1. The van der Waals surface area contributed by atoms with Gasteiger partial charge in [0.2, 0.25) is 11.8 Å². The van der Waals surface area contributed by atoms with Crippen molar-refractivity contribution in [3.8, 4) is 0 Å². The number of nitrogens with one attached hydrogen (secondary N) is 2. The van der Waals surface area contributed by atoms with Gasteiger partial charge in [-0.1, -0.05) is 38.1 Å². The lowest BCUT2D eigenvalue weighted by atomic mass is 9.86. The number of rotatable bonds is 29. The van der Waals surface area contributed by atoms with Gasteiger partial charge in [-0.15, -0.1) is 0 Å². The number of amides is 2. The van der Waals surface area contributed by atoms with Crippen LogP contribution in [0.4, 0.5) is 5.82 Å². The topological polar surface area (TPSA) is 401 Å². The van der Waals surface area contributed by atoms with Gasteiger partial charge in [-0.05, 0) is 76.3 Å². The molecule has 2 amide bonds. The Bertz CT molecular complexity index is 2480. The molecule has 7 unspecified atom stereocenters. The third-order valence-corrected chi connectivity index (χ3v) is 15.3. The number of fused-ring (bicyclic) bond motifs is 1. The first kappa shape index (κ1) is 56.8. The van der Waals surface area contributed by atoms with Crippen LogP contribution in [0.5, 0.6) is 0 Å². The molecule has 11 N–H and O–H groups in total. The van der Waals surface area contributed by atoms with Crippen molar-refractivity contribution in [2.45, 2.75) is 123 Å². The SMILES string of the molecule is CC(C)(CCCc1ccc(CCCC2(C(=O)CCNC(=O)CCNC(=O)C(O)C(C)(C)COP(=O)(O)OP(=O)(O)OCC3OC(n4cnc5c(N)ncnc54)C(O)C3OP(=O)(O)O)CC2)cc1)C(=O)O. The van der Waals surface area contributed by atoms with Crippen molar-refractivity contribution < 1.29 is 90.4 Å². The summed E-state index contributed by atoms with van der Waals surface area (Å²) >= 11 is 0. The third kappa shape index (κ3) is 15.9. The first-order chi connectivity index (χ1) is 32.5. The number of hydrogen-bond acceptors (Lipinski definition) is 18. The molecule has 3 aromatic rings. The highest BCUT2D eigenvalue weighted by atomic mass is 31.3. The lowest BCUT2D eigenvalue weighted by molar-refractivity contribution is -0.147. The molecule has 7 atom stereocenters. The van der Waals surface area contributed by atoms with Crippen LogP contribution in [0.15, 0.2) is 36.9 Å². The number of hydrogen-bond donors (Lipinski definition) is 10. The van der Waals surface area contributed by atoms with Crippen molar-refractivity contribution in [1.29, 1.82) is 0 Å². The van der Waals surface area contributed by atoms with E-state index in [1.165, 1.54) is 13.8 Å². The number of Topliss-reactive ketones (excluding diaryl/α,β-unsaturated/α-hetero) is 1.